The van der Waals surface area contributed by atoms with Gasteiger partial charge in [-0.25, -0.2) is 0 Å². The zero-order valence-electron chi connectivity index (χ0n) is 12.8. The van der Waals surface area contributed by atoms with Crippen molar-refractivity contribution in [2.45, 2.75) is 38.1 Å². The molecule has 1 aliphatic heterocycles. The van der Waals surface area contributed by atoms with Crippen LogP contribution < -0.4 is 5.32 Å². The fourth-order valence-electron chi connectivity index (χ4n) is 3.73. The highest BCUT2D eigenvalue weighted by molar-refractivity contribution is 6.27. The Bertz CT molecular complexity index is 738. The fraction of sp³-hybridized carbons (Fsp3) is 0.438. The van der Waals surface area contributed by atoms with E-state index in [0.717, 1.165) is 18.5 Å². The number of hydrogen-bond acceptors (Lipinski definition) is 4. The molecular weight excluding hydrogens is 300 g/mol. The van der Waals surface area contributed by atoms with E-state index in [2.05, 4.69) is 5.32 Å². The van der Waals surface area contributed by atoms with Crippen molar-refractivity contribution in [3.05, 3.63) is 29.1 Å². The second-order valence-electron chi connectivity index (χ2n) is 6.06. The zero-order valence-corrected chi connectivity index (χ0v) is 12.8. The molecule has 0 atom stereocenters. The highest BCUT2D eigenvalue weighted by Gasteiger charge is 2.51. The molecule has 1 aromatic rings. The van der Waals surface area contributed by atoms with Crippen molar-refractivity contribution in [2.24, 2.45) is 0 Å². The lowest BCUT2D eigenvalue weighted by atomic mass is 9.82. The molecule has 2 aliphatic rings. The molecule has 0 unspecified atom stereocenters. The van der Waals surface area contributed by atoms with Crippen LogP contribution in [0.5, 0.6) is 0 Å². The van der Waals surface area contributed by atoms with Crippen molar-refractivity contribution in [1.82, 2.24) is 9.88 Å². The van der Waals surface area contributed by atoms with E-state index < -0.39 is 29.7 Å². The third kappa shape index (κ3) is 2.15. The van der Waals surface area contributed by atoms with Crippen molar-refractivity contribution in [2.75, 3.05) is 6.54 Å². The van der Waals surface area contributed by atoms with Crippen LogP contribution in [0.25, 0.3) is 5.76 Å². The number of carbonyl (C=O) groups excluding carboxylic acids is 2. The van der Waals surface area contributed by atoms with Gasteiger partial charge < -0.3 is 20.1 Å². The fourth-order valence-corrected chi connectivity index (χ4v) is 3.73. The Morgan fingerprint density at radius 2 is 1.96 bits per heavy atom. The SMILES string of the molecule is Cc1ccc2n1C1(CCCC1)C(=O)C(C(=O)NCC(=O)O)=C2O. The Morgan fingerprint density at radius 1 is 1.30 bits per heavy atom. The van der Waals surface area contributed by atoms with E-state index in [1.165, 1.54) is 0 Å². The third-order valence-corrected chi connectivity index (χ3v) is 4.69. The summed E-state index contributed by atoms with van der Waals surface area (Å²) in [5.74, 6) is -2.87. The Labute approximate surface area is 132 Å². The van der Waals surface area contributed by atoms with Gasteiger partial charge in [0.2, 0.25) is 0 Å². The van der Waals surface area contributed by atoms with Gasteiger partial charge in [0.05, 0.1) is 5.69 Å². The van der Waals surface area contributed by atoms with Gasteiger partial charge in [-0.1, -0.05) is 12.8 Å². The highest BCUT2D eigenvalue weighted by atomic mass is 16.4. The number of nitrogens with zero attached hydrogens (tertiary/aromatic N) is 1. The number of carboxylic acid groups (broad SMARTS) is 1. The van der Waals surface area contributed by atoms with Crippen molar-refractivity contribution in [1.29, 1.82) is 0 Å². The maximum Gasteiger partial charge on any atom is 0.322 e. The van der Waals surface area contributed by atoms with Crippen LogP contribution in [0.2, 0.25) is 0 Å². The molecule has 0 radical (unpaired) electrons. The van der Waals surface area contributed by atoms with Crippen LogP contribution in [-0.2, 0) is 19.9 Å². The summed E-state index contributed by atoms with van der Waals surface area (Å²) in [6.07, 6.45) is 2.95. The first kappa shape index (κ1) is 15.3. The number of nitrogens with one attached hydrogen (secondary N) is 1. The minimum atomic E-state index is -1.21. The normalized spacial score (nSPS) is 19.1. The van der Waals surface area contributed by atoms with E-state index in [0.29, 0.717) is 18.5 Å². The number of aromatic nitrogens is 1. The standard InChI is InChI=1S/C16H18N2O5/c1-9-4-5-10-13(21)12(15(23)17-8-11(19)20)14(22)16(18(9)10)6-2-3-7-16/h4-5,21H,2-3,6-8H2,1H3,(H,17,23)(H,19,20). The van der Waals surface area contributed by atoms with E-state index in [9.17, 15) is 19.5 Å². The number of amides is 1. The lowest BCUT2D eigenvalue weighted by Crippen LogP contribution is -2.48. The lowest BCUT2D eigenvalue weighted by molar-refractivity contribution is -0.138. The second kappa shape index (κ2) is 5.26. The molecule has 0 bridgehead atoms. The van der Waals surface area contributed by atoms with Crippen molar-refractivity contribution < 1.29 is 24.6 Å². The van der Waals surface area contributed by atoms with Crippen LogP contribution in [0.15, 0.2) is 17.7 Å². The summed E-state index contributed by atoms with van der Waals surface area (Å²) in [4.78, 5) is 35.9. The van der Waals surface area contributed by atoms with Gasteiger partial charge in [-0.15, -0.1) is 0 Å². The largest absolute Gasteiger partial charge is 0.505 e. The molecule has 0 saturated heterocycles. The predicted molar refractivity (Wildman–Crippen MR) is 80.8 cm³/mol. The van der Waals surface area contributed by atoms with Gasteiger partial charge in [0.25, 0.3) is 5.91 Å². The topological polar surface area (TPSA) is 109 Å². The van der Waals surface area contributed by atoms with E-state index in [1.54, 1.807) is 12.1 Å². The predicted octanol–water partition coefficient (Wildman–Crippen LogP) is 1.12. The third-order valence-electron chi connectivity index (χ3n) is 4.69. The van der Waals surface area contributed by atoms with Gasteiger partial charge in [-0.3, -0.25) is 14.4 Å². The van der Waals surface area contributed by atoms with Crippen molar-refractivity contribution in [3.63, 3.8) is 0 Å². The molecule has 3 N–H and O–H groups in total. The summed E-state index contributed by atoms with van der Waals surface area (Å²) in [5, 5.41) is 21.3. The molecule has 1 saturated carbocycles. The summed E-state index contributed by atoms with van der Waals surface area (Å²) in [5.41, 5.74) is 0.112. The van der Waals surface area contributed by atoms with Gasteiger partial charge in [-0.05, 0) is 31.9 Å². The first-order valence-electron chi connectivity index (χ1n) is 7.56. The molecule has 1 fully saturated rings. The second-order valence-corrected chi connectivity index (χ2v) is 6.06. The average Bonchev–Trinajstić information content (AvgIpc) is 3.11. The monoisotopic (exact) mass is 318 g/mol. The summed E-state index contributed by atoms with van der Waals surface area (Å²) in [6.45, 7) is 1.26. The molecular formula is C16H18N2O5. The minimum Gasteiger partial charge on any atom is -0.505 e. The maximum atomic E-state index is 13.0. The van der Waals surface area contributed by atoms with E-state index >= 15 is 0 Å². The smallest absolute Gasteiger partial charge is 0.322 e. The minimum absolute atomic E-state index is 0.334. The lowest BCUT2D eigenvalue weighted by Gasteiger charge is -2.36. The molecule has 122 valence electrons. The first-order valence-corrected chi connectivity index (χ1v) is 7.56. The molecule has 1 aliphatic carbocycles. The average molecular weight is 318 g/mol. The Balaban J connectivity index is 2.11. The summed E-state index contributed by atoms with van der Waals surface area (Å²) in [6, 6.07) is 3.48. The Morgan fingerprint density at radius 3 is 2.57 bits per heavy atom. The Kier molecular flexibility index (Phi) is 3.50. The molecule has 7 heteroatoms. The van der Waals surface area contributed by atoms with Gasteiger partial charge in [-0.2, -0.15) is 0 Å². The molecule has 23 heavy (non-hydrogen) atoms. The summed E-state index contributed by atoms with van der Waals surface area (Å²) in [7, 11) is 0. The van der Waals surface area contributed by atoms with Gasteiger partial charge in [0.1, 0.15) is 17.7 Å². The molecule has 1 aromatic heterocycles. The van der Waals surface area contributed by atoms with Crippen LogP contribution in [0.4, 0.5) is 0 Å². The number of aryl methyl sites for hydroxylation is 1. The van der Waals surface area contributed by atoms with Crippen LogP contribution in [0.3, 0.4) is 0 Å². The number of rotatable bonds is 3. The molecule has 2 heterocycles. The van der Waals surface area contributed by atoms with Crippen molar-refractivity contribution in [3.8, 4) is 0 Å². The van der Waals surface area contributed by atoms with Crippen LogP contribution >= 0.6 is 0 Å². The van der Waals surface area contributed by atoms with Gasteiger partial charge in [0.15, 0.2) is 11.5 Å². The van der Waals surface area contributed by atoms with E-state index in [1.807, 2.05) is 11.5 Å². The first-order chi connectivity index (χ1) is 10.9. The number of Topliss-reactive ketones (excluding diaryl/α,β-unsaturated/α-hetero) is 1. The quantitative estimate of drug-likeness (QED) is 0.724. The number of aliphatic hydroxyl groups is 1. The van der Waals surface area contributed by atoms with Crippen LogP contribution in [0.1, 0.15) is 37.1 Å². The number of aliphatic hydroxyl groups excluding tert-OH is 1. The molecule has 7 nitrogen and oxygen atoms in total. The maximum absolute atomic E-state index is 13.0. The van der Waals surface area contributed by atoms with E-state index in [4.69, 9.17) is 5.11 Å². The summed E-state index contributed by atoms with van der Waals surface area (Å²) >= 11 is 0. The number of carboxylic acids is 1. The van der Waals surface area contributed by atoms with Crippen LogP contribution in [-0.4, -0.2) is 39.0 Å². The number of fused-ring (bicyclic) bond motifs is 2. The summed E-state index contributed by atoms with van der Waals surface area (Å²) < 4.78 is 1.83. The highest BCUT2D eigenvalue weighted by Crippen LogP contribution is 2.45. The number of carbonyl (C=O) groups is 3. The number of hydrogen-bond donors (Lipinski definition) is 3. The van der Waals surface area contributed by atoms with Crippen molar-refractivity contribution >= 4 is 23.4 Å². The molecule has 1 spiro atoms. The van der Waals surface area contributed by atoms with Gasteiger partial charge in [0, 0.05) is 5.69 Å². The molecule has 3 rings (SSSR count). The Hall–Kier alpha value is -2.57. The van der Waals surface area contributed by atoms with E-state index in [-0.39, 0.29) is 11.3 Å². The number of aliphatic carboxylic acids is 1. The molecule has 0 aromatic carbocycles. The molecule has 1 amide bonds. The zero-order chi connectivity index (χ0) is 16.8. The van der Waals surface area contributed by atoms with Crippen LogP contribution in [0, 0.1) is 6.92 Å². The van der Waals surface area contributed by atoms with Gasteiger partial charge >= 0.3 is 5.97 Å². The number of ketones is 1.